The number of halogens is 1. The van der Waals surface area contributed by atoms with Crippen molar-refractivity contribution in [2.24, 2.45) is 5.41 Å². The van der Waals surface area contributed by atoms with Gasteiger partial charge in [-0.25, -0.2) is 9.78 Å². The topological polar surface area (TPSA) is 82.5 Å². The van der Waals surface area contributed by atoms with E-state index in [2.05, 4.69) is 26.2 Å². The molecule has 0 spiro atoms. The third-order valence-electron chi connectivity index (χ3n) is 3.31. The number of aliphatic hydroxyl groups excluding tert-OH is 1. The Hall–Kier alpha value is -1.14. The van der Waals surface area contributed by atoms with E-state index in [4.69, 9.17) is 10.2 Å². The maximum atomic E-state index is 11.1. The molecular weight excluding hydrogens is 300 g/mol. The van der Waals surface area contributed by atoms with E-state index in [1.54, 1.807) is 6.20 Å². The lowest BCUT2D eigenvalue weighted by molar-refractivity contribution is 0.0697. The summed E-state index contributed by atoms with van der Waals surface area (Å²) in [6.07, 6.45) is 4.46. The number of nitrogens with zero attached hydrogens (tertiary/aromatic N) is 1. The van der Waals surface area contributed by atoms with Gasteiger partial charge in [0.2, 0.25) is 0 Å². The Morgan fingerprint density at radius 3 is 2.83 bits per heavy atom. The lowest BCUT2D eigenvalue weighted by atomic mass is 10.0. The van der Waals surface area contributed by atoms with Gasteiger partial charge in [0, 0.05) is 23.8 Å². The second-order valence-electron chi connectivity index (χ2n) is 4.68. The van der Waals surface area contributed by atoms with Crippen LogP contribution in [0.15, 0.2) is 16.7 Å². The highest BCUT2D eigenvalue weighted by Gasteiger charge is 2.41. The van der Waals surface area contributed by atoms with Crippen LogP contribution in [0, 0.1) is 5.41 Å². The molecule has 1 aromatic rings. The van der Waals surface area contributed by atoms with Gasteiger partial charge in [-0.15, -0.1) is 0 Å². The maximum Gasteiger partial charge on any atom is 0.339 e. The zero-order chi connectivity index (χ0) is 13.2. The number of rotatable bonds is 6. The number of aromatic carboxylic acids is 1. The first-order chi connectivity index (χ1) is 8.56. The van der Waals surface area contributed by atoms with Crippen LogP contribution in [0.25, 0.3) is 0 Å². The van der Waals surface area contributed by atoms with Crippen LogP contribution in [-0.4, -0.2) is 34.3 Å². The van der Waals surface area contributed by atoms with Crippen molar-refractivity contribution >= 4 is 27.7 Å². The van der Waals surface area contributed by atoms with Gasteiger partial charge in [-0.05, 0) is 46.7 Å². The van der Waals surface area contributed by atoms with Gasteiger partial charge in [0.1, 0.15) is 11.4 Å². The molecule has 0 atom stereocenters. The SMILES string of the molecule is O=C(O)c1cc(Br)cnc1NCC1(CCO)CC1. The van der Waals surface area contributed by atoms with E-state index in [0.29, 0.717) is 16.8 Å². The summed E-state index contributed by atoms with van der Waals surface area (Å²) in [5, 5.41) is 21.2. The van der Waals surface area contributed by atoms with Crippen LogP contribution < -0.4 is 5.32 Å². The van der Waals surface area contributed by atoms with Gasteiger partial charge in [-0.3, -0.25) is 0 Å². The fourth-order valence-electron chi connectivity index (χ4n) is 1.94. The minimum absolute atomic E-state index is 0.124. The number of hydrogen-bond acceptors (Lipinski definition) is 4. The third kappa shape index (κ3) is 3.00. The number of pyridine rings is 1. The fourth-order valence-corrected chi connectivity index (χ4v) is 2.27. The number of carbonyl (C=O) groups is 1. The molecule has 1 heterocycles. The molecule has 0 bridgehead atoms. The molecule has 1 fully saturated rings. The van der Waals surface area contributed by atoms with Crippen LogP contribution in [0.5, 0.6) is 0 Å². The van der Waals surface area contributed by atoms with Crippen LogP contribution in [0.4, 0.5) is 5.82 Å². The molecule has 0 saturated heterocycles. The molecule has 0 aromatic carbocycles. The van der Waals surface area contributed by atoms with Crippen molar-refractivity contribution < 1.29 is 15.0 Å². The first-order valence-corrected chi connectivity index (χ1v) is 6.59. The summed E-state index contributed by atoms with van der Waals surface area (Å²) in [6, 6.07) is 1.53. The molecule has 98 valence electrons. The predicted molar refractivity (Wildman–Crippen MR) is 70.8 cm³/mol. The number of carboxylic acids is 1. The van der Waals surface area contributed by atoms with Gasteiger partial charge in [0.05, 0.1) is 0 Å². The summed E-state index contributed by atoms with van der Waals surface area (Å²) in [6.45, 7) is 0.823. The monoisotopic (exact) mass is 314 g/mol. The van der Waals surface area contributed by atoms with Crippen molar-refractivity contribution in [3.63, 3.8) is 0 Å². The Morgan fingerprint density at radius 1 is 1.56 bits per heavy atom. The molecule has 3 N–H and O–H groups in total. The molecule has 1 aromatic heterocycles. The van der Waals surface area contributed by atoms with E-state index in [1.165, 1.54) is 6.07 Å². The molecule has 2 rings (SSSR count). The molecule has 1 aliphatic rings. The Bertz CT molecular complexity index is 461. The van der Waals surface area contributed by atoms with Crippen molar-refractivity contribution in [3.8, 4) is 0 Å². The highest BCUT2D eigenvalue weighted by atomic mass is 79.9. The van der Waals surface area contributed by atoms with Crippen LogP contribution in [0.1, 0.15) is 29.6 Å². The number of nitrogens with one attached hydrogen (secondary N) is 1. The van der Waals surface area contributed by atoms with Gasteiger partial charge in [0.15, 0.2) is 0 Å². The fraction of sp³-hybridized carbons (Fsp3) is 0.500. The molecule has 1 saturated carbocycles. The first kappa shape index (κ1) is 13.3. The van der Waals surface area contributed by atoms with E-state index in [-0.39, 0.29) is 17.6 Å². The molecule has 1 aliphatic carbocycles. The zero-order valence-electron chi connectivity index (χ0n) is 9.82. The predicted octanol–water partition coefficient (Wildman–Crippen LogP) is 2.12. The second kappa shape index (κ2) is 5.24. The highest BCUT2D eigenvalue weighted by Crippen LogP contribution is 2.48. The number of carboxylic acid groups (broad SMARTS) is 1. The number of hydrogen-bond donors (Lipinski definition) is 3. The van der Waals surface area contributed by atoms with Gasteiger partial charge < -0.3 is 15.5 Å². The molecular formula is C12H15BrN2O3. The summed E-state index contributed by atoms with van der Waals surface area (Å²) in [5.41, 5.74) is 0.281. The minimum atomic E-state index is -1.00. The van der Waals surface area contributed by atoms with Gasteiger partial charge in [-0.2, -0.15) is 0 Å². The van der Waals surface area contributed by atoms with E-state index >= 15 is 0 Å². The quantitative estimate of drug-likeness (QED) is 0.749. The summed E-state index contributed by atoms with van der Waals surface area (Å²) < 4.78 is 0.641. The normalized spacial score (nSPS) is 16.3. The van der Waals surface area contributed by atoms with Crippen molar-refractivity contribution in [1.82, 2.24) is 4.98 Å². The smallest absolute Gasteiger partial charge is 0.339 e. The zero-order valence-corrected chi connectivity index (χ0v) is 11.4. The first-order valence-electron chi connectivity index (χ1n) is 5.80. The van der Waals surface area contributed by atoms with Crippen molar-refractivity contribution in [2.45, 2.75) is 19.3 Å². The Kier molecular flexibility index (Phi) is 3.87. The lowest BCUT2D eigenvalue weighted by Gasteiger charge is -2.16. The van der Waals surface area contributed by atoms with Crippen LogP contribution >= 0.6 is 15.9 Å². The van der Waals surface area contributed by atoms with E-state index < -0.39 is 5.97 Å². The Labute approximate surface area is 113 Å². The summed E-state index contributed by atoms with van der Waals surface area (Å²) in [5.74, 6) is -0.617. The molecule has 0 radical (unpaired) electrons. The largest absolute Gasteiger partial charge is 0.478 e. The van der Waals surface area contributed by atoms with Crippen molar-refractivity contribution in [1.29, 1.82) is 0 Å². The summed E-state index contributed by atoms with van der Waals surface area (Å²) in [7, 11) is 0. The Morgan fingerprint density at radius 2 is 2.28 bits per heavy atom. The second-order valence-corrected chi connectivity index (χ2v) is 5.60. The molecule has 6 heteroatoms. The molecule has 0 amide bonds. The van der Waals surface area contributed by atoms with Crippen molar-refractivity contribution in [3.05, 3.63) is 22.3 Å². The van der Waals surface area contributed by atoms with Gasteiger partial charge in [-0.1, -0.05) is 0 Å². The molecule has 0 unspecified atom stereocenters. The molecule has 18 heavy (non-hydrogen) atoms. The highest BCUT2D eigenvalue weighted by molar-refractivity contribution is 9.10. The van der Waals surface area contributed by atoms with E-state index in [1.807, 2.05) is 0 Å². The average Bonchev–Trinajstić information content (AvgIpc) is 3.08. The minimum Gasteiger partial charge on any atom is -0.478 e. The number of aliphatic hydroxyl groups is 1. The van der Waals surface area contributed by atoms with E-state index in [0.717, 1.165) is 19.3 Å². The lowest BCUT2D eigenvalue weighted by Crippen LogP contribution is -2.19. The number of anilines is 1. The van der Waals surface area contributed by atoms with Gasteiger partial charge >= 0.3 is 5.97 Å². The molecule has 0 aliphatic heterocycles. The average molecular weight is 315 g/mol. The Balaban J connectivity index is 2.07. The van der Waals surface area contributed by atoms with E-state index in [9.17, 15) is 4.79 Å². The van der Waals surface area contributed by atoms with Crippen LogP contribution in [0.3, 0.4) is 0 Å². The summed E-state index contributed by atoms with van der Waals surface area (Å²) >= 11 is 3.21. The third-order valence-corrected chi connectivity index (χ3v) is 3.75. The number of aromatic nitrogens is 1. The maximum absolute atomic E-state index is 11.1. The van der Waals surface area contributed by atoms with Crippen molar-refractivity contribution in [2.75, 3.05) is 18.5 Å². The van der Waals surface area contributed by atoms with Crippen LogP contribution in [-0.2, 0) is 0 Å². The van der Waals surface area contributed by atoms with Gasteiger partial charge in [0.25, 0.3) is 0 Å². The summed E-state index contributed by atoms with van der Waals surface area (Å²) in [4.78, 5) is 15.2. The molecule has 5 nitrogen and oxygen atoms in total. The standard InChI is InChI=1S/C12H15BrN2O3/c13-8-5-9(11(17)18)10(14-6-8)15-7-12(1-2-12)3-4-16/h5-6,16H,1-4,7H2,(H,14,15)(H,17,18). The van der Waals surface area contributed by atoms with Crippen LogP contribution in [0.2, 0.25) is 0 Å².